The maximum absolute atomic E-state index is 8.86. The zero-order chi connectivity index (χ0) is 12.0. The van der Waals surface area contributed by atoms with E-state index in [-0.39, 0.29) is 6.61 Å². The molecule has 90 valence electrons. The third-order valence-electron chi connectivity index (χ3n) is 2.61. The van der Waals surface area contributed by atoms with Crippen LogP contribution in [0.3, 0.4) is 0 Å². The number of rotatable bonds is 6. The first-order valence-electron chi connectivity index (χ1n) is 5.57. The Labute approximate surface area is 102 Å². The third kappa shape index (κ3) is 3.11. The summed E-state index contributed by atoms with van der Waals surface area (Å²) in [7, 11) is 0. The van der Waals surface area contributed by atoms with Crippen LogP contribution < -0.4 is 10.6 Å². The van der Waals surface area contributed by atoms with Crippen molar-refractivity contribution in [1.29, 1.82) is 0 Å². The Morgan fingerprint density at radius 2 is 2.19 bits per heavy atom. The number of benzene rings is 1. The molecule has 0 spiro atoms. The summed E-state index contributed by atoms with van der Waals surface area (Å²) >= 11 is 6.11. The highest BCUT2D eigenvalue weighted by Gasteiger charge is 2.10. The van der Waals surface area contributed by atoms with Crippen molar-refractivity contribution in [3.05, 3.63) is 28.8 Å². The molecule has 1 rings (SSSR count). The van der Waals surface area contributed by atoms with E-state index < -0.39 is 0 Å². The van der Waals surface area contributed by atoms with Crippen LogP contribution in [0.2, 0.25) is 5.02 Å². The molecular weight excluding hydrogens is 224 g/mol. The van der Waals surface area contributed by atoms with E-state index >= 15 is 0 Å². The molecule has 4 heteroatoms. The molecule has 0 saturated carbocycles. The summed E-state index contributed by atoms with van der Waals surface area (Å²) < 4.78 is 0. The van der Waals surface area contributed by atoms with Gasteiger partial charge in [-0.2, -0.15) is 0 Å². The molecule has 0 aliphatic heterocycles. The minimum atomic E-state index is 0.203. The van der Waals surface area contributed by atoms with Crippen LogP contribution in [-0.4, -0.2) is 24.8 Å². The van der Waals surface area contributed by atoms with E-state index in [1.807, 2.05) is 18.2 Å². The van der Waals surface area contributed by atoms with Crippen LogP contribution in [0.15, 0.2) is 18.2 Å². The molecule has 1 aromatic carbocycles. The van der Waals surface area contributed by atoms with Crippen molar-refractivity contribution < 1.29 is 5.11 Å². The molecule has 1 aromatic rings. The molecule has 0 atom stereocenters. The Balaban J connectivity index is 2.94. The summed E-state index contributed by atoms with van der Waals surface area (Å²) in [6.07, 6.45) is 0.754. The summed E-state index contributed by atoms with van der Waals surface area (Å²) in [6, 6.07) is 5.81. The second-order valence-electron chi connectivity index (χ2n) is 3.60. The number of aliphatic hydroxyl groups excluding tert-OH is 1. The van der Waals surface area contributed by atoms with Gasteiger partial charge in [0.2, 0.25) is 0 Å². The van der Waals surface area contributed by atoms with Gasteiger partial charge in [0.1, 0.15) is 0 Å². The second kappa shape index (κ2) is 6.74. The Kier molecular flexibility index (Phi) is 5.60. The van der Waals surface area contributed by atoms with Gasteiger partial charge in [0.15, 0.2) is 0 Å². The van der Waals surface area contributed by atoms with Crippen LogP contribution in [0.4, 0.5) is 5.69 Å². The SMILES string of the molecule is CCN(CCCO)c1cccc(Cl)c1CN. The standard InChI is InChI=1S/C12H19ClN2O/c1-2-15(7-4-8-16)12-6-3-5-11(13)10(12)9-14/h3,5-6,16H,2,4,7-9,14H2,1H3. The first kappa shape index (κ1) is 13.3. The van der Waals surface area contributed by atoms with Crippen molar-refractivity contribution in [1.82, 2.24) is 0 Å². The predicted molar refractivity (Wildman–Crippen MR) is 68.9 cm³/mol. The number of halogens is 1. The van der Waals surface area contributed by atoms with E-state index in [9.17, 15) is 0 Å². The average molecular weight is 243 g/mol. The lowest BCUT2D eigenvalue weighted by molar-refractivity contribution is 0.289. The van der Waals surface area contributed by atoms with Gasteiger partial charge in [0, 0.05) is 42.5 Å². The minimum absolute atomic E-state index is 0.203. The Hall–Kier alpha value is -0.770. The predicted octanol–water partition coefficient (Wildman–Crippen LogP) is 2.01. The highest BCUT2D eigenvalue weighted by molar-refractivity contribution is 6.31. The largest absolute Gasteiger partial charge is 0.396 e. The Bertz CT molecular complexity index is 331. The van der Waals surface area contributed by atoms with Gasteiger partial charge in [-0.15, -0.1) is 0 Å². The molecule has 0 amide bonds. The van der Waals surface area contributed by atoms with Crippen molar-refractivity contribution in [2.45, 2.75) is 19.9 Å². The molecule has 3 N–H and O–H groups in total. The zero-order valence-electron chi connectivity index (χ0n) is 9.62. The van der Waals surface area contributed by atoms with E-state index in [2.05, 4.69) is 11.8 Å². The first-order valence-corrected chi connectivity index (χ1v) is 5.95. The van der Waals surface area contributed by atoms with E-state index in [0.29, 0.717) is 11.6 Å². The van der Waals surface area contributed by atoms with Gasteiger partial charge in [0.05, 0.1) is 0 Å². The van der Waals surface area contributed by atoms with Gasteiger partial charge in [-0.3, -0.25) is 0 Å². The fraction of sp³-hybridized carbons (Fsp3) is 0.500. The number of anilines is 1. The quantitative estimate of drug-likeness (QED) is 0.802. The fourth-order valence-corrected chi connectivity index (χ4v) is 2.00. The van der Waals surface area contributed by atoms with Gasteiger partial charge in [-0.25, -0.2) is 0 Å². The smallest absolute Gasteiger partial charge is 0.0471 e. The van der Waals surface area contributed by atoms with Crippen LogP contribution in [0.1, 0.15) is 18.9 Å². The maximum atomic E-state index is 8.86. The normalized spacial score (nSPS) is 10.5. The topological polar surface area (TPSA) is 49.5 Å². The number of nitrogens with zero attached hydrogens (tertiary/aromatic N) is 1. The van der Waals surface area contributed by atoms with Crippen molar-refractivity contribution >= 4 is 17.3 Å². The van der Waals surface area contributed by atoms with E-state index in [4.69, 9.17) is 22.4 Å². The van der Waals surface area contributed by atoms with Gasteiger partial charge in [0.25, 0.3) is 0 Å². The lowest BCUT2D eigenvalue weighted by Gasteiger charge is -2.25. The summed E-state index contributed by atoms with van der Waals surface area (Å²) in [6.45, 7) is 4.42. The number of hydrogen-bond donors (Lipinski definition) is 2. The van der Waals surface area contributed by atoms with Crippen molar-refractivity contribution in [2.75, 3.05) is 24.6 Å². The van der Waals surface area contributed by atoms with Gasteiger partial charge < -0.3 is 15.7 Å². The van der Waals surface area contributed by atoms with Gasteiger partial charge >= 0.3 is 0 Å². The second-order valence-corrected chi connectivity index (χ2v) is 4.01. The highest BCUT2D eigenvalue weighted by Crippen LogP contribution is 2.27. The van der Waals surface area contributed by atoms with Crippen LogP contribution in [0, 0.1) is 0 Å². The molecule has 3 nitrogen and oxygen atoms in total. The summed E-state index contributed by atoms with van der Waals surface area (Å²) in [5.74, 6) is 0. The molecule has 16 heavy (non-hydrogen) atoms. The number of hydrogen-bond acceptors (Lipinski definition) is 3. The van der Waals surface area contributed by atoms with Crippen LogP contribution >= 0.6 is 11.6 Å². The molecule has 0 aliphatic rings. The van der Waals surface area contributed by atoms with Crippen molar-refractivity contribution in [3.8, 4) is 0 Å². The summed E-state index contributed by atoms with van der Waals surface area (Å²) in [5.41, 5.74) is 7.76. The molecule has 0 fully saturated rings. The molecule has 0 bridgehead atoms. The Morgan fingerprint density at radius 1 is 1.44 bits per heavy atom. The third-order valence-corrected chi connectivity index (χ3v) is 2.96. The fourth-order valence-electron chi connectivity index (χ4n) is 1.76. The summed E-state index contributed by atoms with van der Waals surface area (Å²) in [5, 5.41) is 9.57. The highest BCUT2D eigenvalue weighted by atomic mass is 35.5. The lowest BCUT2D eigenvalue weighted by Crippen LogP contribution is -2.26. The average Bonchev–Trinajstić information content (AvgIpc) is 2.30. The molecule has 0 heterocycles. The molecular formula is C12H19ClN2O. The van der Waals surface area contributed by atoms with E-state index in [0.717, 1.165) is 30.8 Å². The van der Waals surface area contributed by atoms with Crippen LogP contribution in [-0.2, 0) is 6.54 Å². The number of nitrogens with two attached hydrogens (primary N) is 1. The first-order chi connectivity index (χ1) is 7.74. The van der Waals surface area contributed by atoms with Crippen LogP contribution in [0.25, 0.3) is 0 Å². The van der Waals surface area contributed by atoms with Crippen molar-refractivity contribution in [3.63, 3.8) is 0 Å². The van der Waals surface area contributed by atoms with Crippen molar-refractivity contribution in [2.24, 2.45) is 5.73 Å². The molecule has 0 aromatic heterocycles. The zero-order valence-corrected chi connectivity index (χ0v) is 10.4. The lowest BCUT2D eigenvalue weighted by atomic mass is 10.1. The molecule has 0 unspecified atom stereocenters. The maximum Gasteiger partial charge on any atom is 0.0471 e. The van der Waals surface area contributed by atoms with Gasteiger partial charge in [-0.05, 0) is 25.5 Å². The van der Waals surface area contributed by atoms with Crippen LogP contribution in [0.5, 0.6) is 0 Å². The Morgan fingerprint density at radius 3 is 2.75 bits per heavy atom. The minimum Gasteiger partial charge on any atom is -0.396 e. The molecule has 0 aliphatic carbocycles. The van der Waals surface area contributed by atoms with Gasteiger partial charge in [-0.1, -0.05) is 17.7 Å². The van der Waals surface area contributed by atoms with E-state index in [1.165, 1.54) is 0 Å². The number of aliphatic hydroxyl groups is 1. The monoisotopic (exact) mass is 242 g/mol. The molecule has 0 radical (unpaired) electrons. The molecule has 0 saturated heterocycles. The van der Waals surface area contributed by atoms with E-state index in [1.54, 1.807) is 0 Å². The summed E-state index contributed by atoms with van der Waals surface area (Å²) in [4.78, 5) is 2.18.